The van der Waals surface area contributed by atoms with E-state index in [1.807, 2.05) is 13.2 Å². The van der Waals surface area contributed by atoms with Crippen molar-refractivity contribution in [2.24, 2.45) is 0 Å². The molecule has 1 aliphatic heterocycles. The van der Waals surface area contributed by atoms with Crippen molar-refractivity contribution in [1.29, 1.82) is 0 Å². The first-order chi connectivity index (χ1) is 14.4. The van der Waals surface area contributed by atoms with Crippen LogP contribution in [0.15, 0.2) is 41.4 Å². The Bertz CT molecular complexity index is 1060. The Labute approximate surface area is 195 Å². The molecule has 0 radical (unpaired) electrons. The van der Waals surface area contributed by atoms with Gasteiger partial charge < -0.3 is 5.11 Å². The normalized spacial score (nSPS) is 16.7. The molecule has 2 heterocycles. The molecule has 1 atom stereocenters. The van der Waals surface area contributed by atoms with Crippen LogP contribution >= 0.6 is 46.6 Å². The van der Waals surface area contributed by atoms with Gasteiger partial charge in [-0.15, -0.1) is 11.8 Å². The number of hydrogen-bond acceptors (Lipinski definition) is 4. The van der Waals surface area contributed by atoms with E-state index in [1.54, 1.807) is 28.6 Å². The van der Waals surface area contributed by atoms with Crippen LogP contribution in [0.3, 0.4) is 0 Å². The fourth-order valence-corrected chi connectivity index (χ4v) is 5.62. The maximum absolute atomic E-state index is 10.0. The van der Waals surface area contributed by atoms with E-state index in [0.717, 1.165) is 29.2 Å². The lowest BCUT2D eigenvalue weighted by molar-refractivity contribution is 0.0988. The Morgan fingerprint density at radius 3 is 2.43 bits per heavy atom. The molecule has 1 unspecified atom stereocenters. The van der Waals surface area contributed by atoms with Crippen LogP contribution in [0, 0.1) is 6.92 Å². The zero-order chi connectivity index (χ0) is 21.4. The van der Waals surface area contributed by atoms with E-state index in [1.165, 1.54) is 11.1 Å². The first kappa shape index (κ1) is 22.0. The second kappa shape index (κ2) is 9.11. The second-order valence-electron chi connectivity index (χ2n) is 7.42. The van der Waals surface area contributed by atoms with Gasteiger partial charge in [0.15, 0.2) is 0 Å². The maximum atomic E-state index is 10.0. The van der Waals surface area contributed by atoms with Crippen LogP contribution in [0.4, 0.5) is 0 Å². The van der Waals surface area contributed by atoms with Gasteiger partial charge in [-0.05, 0) is 42.9 Å². The van der Waals surface area contributed by atoms with Crippen molar-refractivity contribution in [3.63, 3.8) is 0 Å². The number of nitrogens with zero attached hydrogens (tertiary/aromatic N) is 3. The predicted molar refractivity (Wildman–Crippen MR) is 125 cm³/mol. The van der Waals surface area contributed by atoms with Crippen molar-refractivity contribution in [1.82, 2.24) is 14.7 Å². The average molecular weight is 483 g/mol. The third kappa shape index (κ3) is 4.12. The van der Waals surface area contributed by atoms with E-state index in [2.05, 4.69) is 29.2 Å². The monoisotopic (exact) mass is 481 g/mol. The lowest BCUT2D eigenvalue weighted by Crippen LogP contribution is -2.42. The van der Waals surface area contributed by atoms with Crippen LogP contribution in [-0.2, 0) is 19.5 Å². The molecule has 2 aromatic carbocycles. The standard InChI is InChI=1S/C22H22Cl3N3OS/c1-13-18(11-27-10-15-6-4-3-5-14(15)7-17(27)12-29)22(30-2)26-28(13)21-19(24)8-16(23)9-20(21)25/h3-6,8-9,17,29H,7,10-12H2,1-2H3. The molecular formula is C22H22Cl3N3OS. The van der Waals surface area contributed by atoms with Gasteiger partial charge in [0.1, 0.15) is 10.7 Å². The minimum absolute atomic E-state index is 0.0695. The van der Waals surface area contributed by atoms with Gasteiger partial charge in [0.05, 0.1) is 16.7 Å². The van der Waals surface area contributed by atoms with E-state index in [4.69, 9.17) is 39.9 Å². The summed E-state index contributed by atoms with van der Waals surface area (Å²) < 4.78 is 1.80. The molecule has 1 aromatic heterocycles. The van der Waals surface area contributed by atoms with Gasteiger partial charge in [-0.1, -0.05) is 59.1 Å². The number of halogens is 3. The molecule has 0 fully saturated rings. The van der Waals surface area contributed by atoms with Gasteiger partial charge >= 0.3 is 0 Å². The summed E-state index contributed by atoms with van der Waals surface area (Å²) >= 11 is 20.6. The summed E-state index contributed by atoms with van der Waals surface area (Å²) in [6, 6.07) is 11.9. The zero-order valence-corrected chi connectivity index (χ0v) is 19.8. The molecule has 0 amide bonds. The fourth-order valence-electron chi connectivity index (χ4n) is 4.02. The summed E-state index contributed by atoms with van der Waals surface area (Å²) in [4.78, 5) is 2.32. The molecule has 4 nitrogen and oxygen atoms in total. The highest BCUT2D eigenvalue weighted by Crippen LogP contribution is 2.36. The third-order valence-electron chi connectivity index (χ3n) is 5.63. The highest BCUT2D eigenvalue weighted by atomic mass is 35.5. The molecule has 1 aliphatic rings. The number of aliphatic hydroxyl groups is 1. The van der Waals surface area contributed by atoms with Crippen LogP contribution in [0.1, 0.15) is 22.4 Å². The van der Waals surface area contributed by atoms with Crippen LogP contribution in [0.2, 0.25) is 15.1 Å². The Morgan fingerprint density at radius 2 is 1.80 bits per heavy atom. The number of aromatic nitrogens is 2. The van der Waals surface area contributed by atoms with Crippen molar-refractivity contribution in [2.75, 3.05) is 12.9 Å². The molecule has 4 rings (SSSR count). The number of rotatable bonds is 5. The summed E-state index contributed by atoms with van der Waals surface area (Å²) in [5, 5.41) is 17.1. The maximum Gasteiger partial charge on any atom is 0.123 e. The largest absolute Gasteiger partial charge is 0.395 e. The average Bonchev–Trinajstić information content (AvgIpc) is 3.02. The minimum atomic E-state index is 0.0695. The SMILES string of the molecule is CSc1nn(-c2c(Cl)cc(Cl)cc2Cl)c(C)c1CN1Cc2ccccc2CC1CO. The lowest BCUT2D eigenvalue weighted by Gasteiger charge is -2.36. The first-order valence-electron chi connectivity index (χ1n) is 9.62. The lowest BCUT2D eigenvalue weighted by atomic mass is 9.94. The summed E-state index contributed by atoms with van der Waals surface area (Å²) in [6.45, 7) is 3.62. The smallest absolute Gasteiger partial charge is 0.123 e. The molecule has 3 aromatic rings. The van der Waals surface area contributed by atoms with Crippen LogP contribution in [0.25, 0.3) is 5.69 Å². The van der Waals surface area contributed by atoms with Gasteiger partial charge in [0.2, 0.25) is 0 Å². The quantitative estimate of drug-likeness (QED) is 0.468. The van der Waals surface area contributed by atoms with E-state index < -0.39 is 0 Å². The van der Waals surface area contributed by atoms with Crippen molar-refractivity contribution in [2.45, 2.75) is 37.5 Å². The second-order valence-corrected chi connectivity index (χ2v) is 9.46. The first-order valence-corrected chi connectivity index (χ1v) is 12.0. The van der Waals surface area contributed by atoms with Crippen molar-refractivity contribution < 1.29 is 5.11 Å². The Hall–Kier alpha value is -1.21. The molecule has 1 N–H and O–H groups in total. The van der Waals surface area contributed by atoms with Crippen LogP contribution in [0.5, 0.6) is 0 Å². The van der Waals surface area contributed by atoms with E-state index >= 15 is 0 Å². The van der Waals surface area contributed by atoms with Crippen molar-refractivity contribution >= 4 is 46.6 Å². The molecular weight excluding hydrogens is 461 g/mol. The summed E-state index contributed by atoms with van der Waals surface area (Å²) in [5.41, 5.74) is 5.33. The van der Waals surface area contributed by atoms with E-state index in [0.29, 0.717) is 27.3 Å². The van der Waals surface area contributed by atoms with Gasteiger partial charge in [-0.3, -0.25) is 4.90 Å². The number of aliphatic hydroxyl groups excluding tert-OH is 1. The minimum Gasteiger partial charge on any atom is -0.395 e. The van der Waals surface area contributed by atoms with Gasteiger partial charge in [-0.2, -0.15) is 5.10 Å². The topological polar surface area (TPSA) is 41.3 Å². The summed E-state index contributed by atoms with van der Waals surface area (Å²) in [7, 11) is 0. The van der Waals surface area contributed by atoms with Gasteiger partial charge in [0, 0.05) is 35.4 Å². The molecule has 0 saturated heterocycles. The Kier molecular flexibility index (Phi) is 6.68. The highest BCUT2D eigenvalue weighted by molar-refractivity contribution is 7.98. The third-order valence-corrected chi connectivity index (χ3v) is 7.14. The van der Waals surface area contributed by atoms with Crippen molar-refractivity contribution in [3.8, 4) is 5.69 Å². The molecule has 0 saturated carbocycles. The van der Waals surface area contributed by atoms with Gasteiger partial charge in [-0.25, -0.2) is 4.68 Å². The predicted octanol–water partition coefficient (Wildman–Crippen LogP) is 5.78. The van der Waals surface area contributed by atoms with Crippen LogP contribution < -0.4 is 0 Å². The highest BCUT2D eigenvalue weighted by Gasteiger charge is 2.28. The fraction of sp³-hybridized carbons (Fsp3) is 0.318. The molecule has 8 heteroatoms. The Morgan fingerprint density at radius 1 is 1.13 bits per heavy atom. The van der Waals surface area contributed by atoms with E-state index in [9.17, 15) is 5.11 Å². The number of hydrogen-bond donors (Lipinski definition) is 1. The van der Waals surface area contributed by atoms with E-state index in [-0.39, 0.29) is 12.6 Å². The summed E-state index contributed by atoms with van der Waals surface area (Å²) in [6.07, 6.45) is 2.85. The molecule has 0 aliphatic carbocycles. The Balaban J connectivity index is 1.72. The number of benzene rings is 2. The number of thioether (sulfide) groups is 1. The van der Waals surface area contributed by atoms with Gasteiger partial charge in [0.25, 0.3) is 0 Å². The number of fused-ring (bicyclic) bond motifs is 1. The van der Waals surface area contributed by atoms with Crippen LogP contribution in [-0.4, -0.2) is 38.7 Å². The molecule has 0 bridgehead atoms. The molecule has 0 spiro atoms. The zero-order valence-electron chi connectivity index (χ0n) is 16.7. The molecule has 30 heavy (non-hydrogen) atoms. The summed E-state index contributed by atoms with van der Waals surface area (Å²) in [5.74, 6) is 0. The van der Waals surface area contributed by atoms with Crippen molar-refractivity contribution in [3.05, 3.63) is 73.9 Å². The molecule has 158 valence electrons.